The largest absolute Gasteiger partial charge is 0.493 e. The highest BCUT2D eigenvalue weighted by molar-refractivity contribution is 6.32. The van der Waals surface area contributed by atoms with Crippen LogP contribution in [0.25, 0.3) is 0 Å². The van der Waals surface area contributed by atoms with E-state index in [0.717, 1.165) is 5.56 Å². The molecule has 2 rings (SSSR count). The van der Waals surface area contributed by atoms with E-state index in [1.165, 1.54) is 19.2 Å². The zero-order chi connectivity index (χ0) is 15.4. The number of ether oxygens (including phenoxy) is 2. The van der Waals surface area contributed by atoms with Gasteiger partial charge in [-0.25, -0.2) is 4.79 Å². The third-order valence-electron chi connectivity index (χ3n) is 2.84. The number of aldehydes is 1. The van der Waals surface area contributed by atoms with Crippen molar-refractivity contribution in [2.24, 2.45) is 0 Å². The zero-order valence-corrected chi connectivity index (χ0v) is 12.3. The number of halogens is 1. The van der Waals surface area contributed by atoms with Crippen molar-refractivity contribution in [1.82, 2.24) is 0 Å². The molecule has 21 heavy (non-hydrogen) atoms. The predicted molar refractivity (Wildman–Crippen MR) is 79.5 cm³/mol. The molecule has 0 fully saturated rings. The Morgan fingerprint density at radius 3 is 2.62 bits per heavy atom. The summed E-state index contributed by atoms with van der Waals surface area (Å²) in [4.78, 5) is 22.9. The van der Waals surface area contributed by atoms with Gasteiger partial charge in [-0.3, -0.25) is 4.79 Å². The van der Waals surface area contributed by atoms with Gasteiger partial charge in [-0.1, -0.05) is 29.3 Å². The molecule has 0 aliphatic carbocycles. The Balaban J connectivity index is 2.35. The van der Waals surface area contributed by atoms with Gasteiger partial charge in [0.25, 0.3) is 0 Å². The van der Waals surface area contributed by atoms with Crippen LogP contribution in [0.4, 0.5) is 0 Å². The van der Waals surface area contributed by atoms with Crippen LogP contribution in [0.1, 0.15) is 26.3 Å². The third-order valence-corrected chi connectivity index (χ3v) is 3.12. The fraction of sp³-hybridized carbons (Fsp3) is 0.125. The Morgan fingerprint density at radius 1 is 1.24 bits per heavy atom. The number of carbonyl (C=O) groups is 2. The molecule has 0 heterocycles. The molecular weight excluding hydrogens is 292 g/mol. The number of hydrogen-bond donors (Lipinski definition) is 0. The van der Waals surface area contributed by atoms with Crippen molar-refractivity contribution in [2.75, 3.05) is 7.11 Å². The van der Waals surface area contributed by atoms with Gasteiger partial charge < -0.3 is 9.47 Å². The Kier molecular flexibility index (Phi) is 4.60. The highest BCUT2D eigenvalue weighted by atomic mass is 35.5. The molecule has 2 aromatic carbocycles. The minimum absolute atomic E-state index is 0.0938. The zero-order valence-electron chi connectivity index (χ0n) is 11.6. The highest BCUT2D eigenvalue weighted by Gasteiger charge is 2.17. The second-order valence-corrected chi connectivity index (χ2v) is 4.82. The molecule has 0 aromatic heterocycles. The molecule has 0 radical (unpaired) electrons. The maximum absolute atomic E-state index is 12.1. The average Bonchev–Trinajstić information content (AvgIpc) is 2.48. The molecule has 0 amide bonds. The summed E-state index contributed by atoms with van der Waals surface area (Å²) in [6.45, 7) is 1.88. The van der Waals surface area contributed by atoms with E-state index in [1.807, 2.05) is 13.0 Å². The molecular formula is C16H13ClO4. The van der Waals surface area contributed by atoms with Crippen LogP contribution >= 0.6 is 11.6 Å². The lowest BCUT2D eigenvalue weighted by Gasteiger charge is -2.11. The van der Waals surface area contributed by atoms with E-state index in [2.05, 4.69) is 0 Å². The molecule has 5 heteroatoms. The summed E-state index contributed by atoms with van der Waals surface area (Å²) in [5.74, 6) is -0.223. The van der Waals surface area contributed by atoms with E-state index < -0.39 is 5.97 Å². The minimum atomic E-state index is -0.544. The summed E-state index contributed by atoms with van der Waals surface area (Å²) in [6, 6.07) is 9.87. The molecule has 0 bridgehead atoms. The number of rotatable bonds is 4. The summed E-state index contributed by atoms with van der Waals surface area (Å²) in [7, 11) is 1.41. The molecule has 0 unspecified atom stereocenters. The first-order chi connectivity index (χ1) is 10.0. The quantitative estimate of drug-likeness (QED) is 0.491. The number of carbonyl (C=O) groups excluding carboxylic acids is 2. The van der Waals surface area contributed by atoms with Crippen LogP contribution in [0.15, 0.2) is 36.4 Å². The van der Waals surface area contributed by atoms with Crippen LogP contribution in [0.3, 0.4) is 0 Å². The maximum Gasteiger partial charge on any atom is 0.343 e. The molecule has 0 spiro atoms. The van der Waals surface area contributed by atoms with Crippen molar-refractivity contribution in [3.8, 4) is 11.5 Å². The molecule has 0 N–H and O–H groups in total. The van der Waals surface area contributed by atoms with E-state index in [9.17, 15) is 9.59 Å². The third kappa shape index (κ3) is 3.41. The summed E-state index contributed by atoms with van der Waals surface area (Å²) in [5.41, 5.74) is 1.69. The smallest absolute Gasteiger partial charge is 0.343 e. The van der Waals surface area contributed by atoms with Crippen molar-refractivity contribution in [3.05, 3.63) is 58.1 Å². The topological polar surface area (TPSA) is 52.6 Å². The predicted octanol–water partition coefficient (Wildman–Crippen LogP) is 3.69. The van der Waals surface area contributed by atoms with Crippen molar-refractivity contribution in [3.63, 3.8) is 0 Å². The van der Waals surface area contributed by atoms with Gasteiger partial charge in [0.2, 0.25) is 0 Å². The lowest BCUT2D eigenvalue weighted by Crippen LogP contribution is -2.10. The fourth-order valence-electron chi connectivity index (χ4n) is 1.83. The van der Waals surface area contributed by atoms with Gasteiger partial charge in [-0.05, 0) is 31.2 Å². The SMILES string of the molecule is COc1cc(C=O)cc(Cl)c1OC(=O)c1cccc(C)c1. The molecule has 2 aromatic rings. The second-order valence-electron chi connectivity index (χ2n) is 4.41. The normalized spacial score (nSPS) is 10.0. The van der Waals surface area contributed by atoms with Gasteiger partial charge in [-0.2, -0.15) is 0 Å². The molecule has 0 saturated carbocycles. The van der Waals surface area contributed by atoms with Crippen molar-refractivity contribution in [1.29, 1.82) is 0 Å². The maximum atomic E-state index is 12.1. The van der Waals surface area contributed by atoms with Gasteiger partial charge in [-0.15, -0.1) is 0 Å². The number of aryl methyl sites for hydroxylation is 1. The molecule has 0 aliphatic rings. The van der Waals surface area contributed by atoms with Gasteiger partial charge in [0.05, 0.1) is 17.7 Å². The highest BCUT2D eigenvalue weighted by Crippen LogP contribution is 2.36. The van der Waals surface area contributed by atoms with Crippen molar-refractivity contribution >= 4 is 23.9 Å². The van der Waals surface area contributed by atoms with Crippen LogP contribution in [0, 0.1) is 6.92 Å². The van der Waals surface area contributed by atoms with Gasteiger partial charge in [0.15, 0.2) is 11.5 Å². The van der Waals surface area contributed by atoms with Gasteiger partial charge in [0, 0.05) is 5.56 Å². The van der Waals surface area contributed by atoms with E-state index in [0.29, 0.717) is 17.4 Å². The van der Waals surface area contributed by atoms with Gasteiger partial charge in [0.1, 0.15) is 6.29 Å². The monoisotopic (exact) mass is 304 g/mol. The van der Waals surface area contributed by atoms with Crippen LogP contribution in [-0.4, -0.2) is 19.4 Å². The number of hydrogen-bond acceptors (Lipinski definition) is 4. The summed E-state index contributed by atoms with van der Waals surface area (Å²) >= 11 is 6.04. The number of methoxy groups -OCH3 is 1. The standard InChI is InChI=1S/C16H13ClO4/c1-10-4-3-5-12(6-10)16(19)21-15-13(17)7-11(9-18)8-14(15)20-2/h3-9H,1-2H3. The van der Waals surface area contributed by atoms with E-state index in [1.54, 1.807) is 18.2 Å². The van der Waals surface area contributed by atoms with Crippen molar-refractivity contribution in [2.45, 2.75) is 6.92 Å². The summed E-state index contributed by atoms with van der Waals surface area (Å²) in [6.07, 6.45) is 0.639. The van der Waals surface area contributed by atoms with Crippen molar-refractivity contribution < 1.29 is 19.1 Å². The first kappa shape index (κ1) is 15.1. The number of benzene rings is 2. The molecule has 0 aliphatic heterocycles. The van der Waals surface area contributed by atoms with E-state index in [-0.39, 0.29) is 16.5 Å². The average molecular weight is 305 g/mol. The first-order valence-corrected chi connectivity index (χ1v) is 6.54. The van der Waals surface area contributed by atoms with Gasteiger partial charge >= 0.3 is 5.97 Å². The van der Waals surface area contributed by atoms with Crippen LogP contribution in [0.2, 0.25) is 5.02 Å². The van der Waals surface area contributed by atoms with Crippen LogP contribution in [-0.2, 0) is 0 Å². The molecule has 0 saturated heterocycles. The van der Waals surface area contributed by atoms with Crippen LogP contribution in [0.5, 0.6) is 11.5 Å². The Hall–Kier alpha value is -2.33. The Bertz CT molecular complexity index is 695. The summed E-state index contributed by atoms with van der Waals surface area (Å²) in [5, 5.41) is 0.137. The minimum Gasteiger partial charge on any atom is -0.493 e. The molecule has 0 atom stereocenters. The lowest BCUT2D eigenvalue weighted by atomic mass is 10.1. The second kappa shape index (κ2) is 6.41. The van der Waals surface area contributed by atoms with E-state index in [4.69, 9.17) is 21.1 Å². The summed E-state index contributed by atoms with van der Waals surface area (Å²) < 4.78 is 10.4. The molecule has 108 valence electrons. The Morgan fingerprint density at radius 2 is 2.00 bits per heavy atom. The molecule has 4 nitrogen and oxygen atoms in total. The fourth-order valence-corrected chi connectivity index (χ4v) is 2.09. The Labute approximate surface area is 127 Å². The lowest BCUT2D eigenvalue weighted by molar-refractivity contribution is 0.0729. The van der Waals surface area contributed by atoms with E-state index >= 15 is 0 Å². The first-order valence-electron chi connectivity index (χ1n) is 6.16. The van der Waals surface area contributed by atoms with Crippen LogP contribution < -0.4 is 9.47 Å². The number of esters is 1.